The highest BCUT2D eigenvalue weighted by Gasteiger charge is 2.19. The summed E-state index contributed by atoms with van der Waals surface area (Å²) in [5.74, 6) is 0.315. The fourth-order valence-electron chi connectivity index (χ4n) is 2.17. The largest absolute Gasteiger partial charge is 0.481 e. The van der Waals surface area contributed by atoms with Crippen LogP contribution in [0.5, 0.6) is 5.75 Å². The molecule has 0 radical (unpaired) electrons. The van der Waals surface area contributed by atoms with Crippen molar-refractivity contribution in [3.63, 3.8) is 0 Å². The van der Waals surface area contributed by atoms with Crippen molar-refractivity contribution < 1.29 is 14.3 Å². The van der Waals surface area contributed by atoms with Crippen LogP contribution in [0, 0.1) is 0 Å². The number of ketones is 1. The number of rotatable bonds is 6. The van der Waals surface area contributed by atoms with Crippen LogP contribution in [0.3, 0.4) is 0 Å². The number of carbonyl (C=O) groups is 2. The van der Waals surface area contributed by atoms with Crippen LogP contribution in [0.1, 0.15) is 29.9 Å². The van der Waals surface area contributed by atoms with Crippen LogP contribution in [0.4, 0.5) is 0 Å². The Kier molecular flexibility index (Phi) is 5.46. The smallest absolute Gasteiger partial charge is 0.263 e. The number of aromatic nitrogens is 1. The average molecular weight is 312 g/mol. The maximum absolute atomic E-state index is 12.4. The lowest BCUT2D eigenvalue weighted by atomic mass is 10.1. The van der Waals surface area contributed by atoms with Crippen LogP contribution in [-0.2, 0) is 11.3 Å². The minimum atomic E-state index is -0.647. The van der Waals surface area contributed by atoms with Crippen LogP contribution in [-0.4, -0.2) is 34.7 Å². The van der Waals surface area contributed by atoms with Crippen molar-refractivity contribution in [3.8, 4) is 5.75 Å². The van der Waals surface area contributed by atoms with Crippen LogP contribution >= 0.6 is 0 Å². The zero-order valence-electron chi connectivity index (χ0n) is 13.5. The molecule has 1 atom stereocenters. The normalized spacial score (nSPS) is 11.6. The first-order valence-electron chi connectivity index (χ1n) is 7.40. The van der Waals surface area contributed by atoms with Gasteiger partial charge in [0.25, 0.3) is 5.91 Å². The van der Waals surface area contributed by atoms with Crippen molar-refractivity contribution in [2.75, 3.05) is 7.05 Å². The van der Waals surface area contributed by atoms with Gasteiger partial charge in [-0.2, -0.15) is 0 Å². The molecule has 0 spiro atoms. The van der Waals surface area contributed by atoms with Crippen molar-refractivity contribution in [3.05, 3.63) is 59.9 Å². The van der Waals surface area contributed by atoms with E-state index in [2.05, 4.69) is 4.98 Å². The third-order valence-electron chi connectivity index (χ3n) is 3.40. The summed E-state index contributed by atoms with van der Waals surface area (Å²) in [4.78, 5) is 29.5. The maximum Gasteiger partial charge on any atom is 0.263 e. The monoisotopic (exact) mass is 312 g/mol. The summed E-state index contributed by atoms with van der Waals surface area (Å²) in [5.41, 5.74) is 1.37. The summed E-state index contributed by atoms with van der Waals surface area (Å²) in [7, 11) is 1.71. The molecule has 2 aromatic rings. The van der Waals surface area contributed by atoms with Crippen molar-refractivity contribution in [2.45, 2.75) is 26.5 Å². The predicted molar refractivity (Wildman–Crippen MR) is 87.2 cm³/mol. The quantitative estimate of drug-likeness (QED) is 0.770. The lowest BCUT2D eigenvalue weighted by molar-refractivity contribution is -0.137. The Hall–Kier alpha value is -2.69. The number of ether oxygens (including phenoxy) is 1. The molecule has 0 unspecified atom stereocenters. The van der Waals surface area contributed by atoms with E-state index in [4.69, 9.17) is 4.74 Å². The molecule has 0 aliphatic rings. The van der Waals surface area contributed by atoms with Crippen LogP contribution < -0.4 is 4.74 Å². The van der Waals surface area contributed by atoms with Crippen molar-refractivity contribution in [2.24, 2.45) is 0 Å². The van der Waals surface area contributed by atoms with E-state index in [9.17, 15) is 9.59 Å². The highest BCUT2D eigenvalue weighted by molar-refractivity contribution is 5.94. The summed E-state index contributed by atoms with van der Waals surface area (Å²) < 4.78 is 5.66. The van der Waals surface area contributed by atoms with Gasteiger partial charge in [-0.1, -0.05) is 18.2 Å². The fraction of sp³-hybridized carbons (Fsp3) is 0.278. The Morgan fingerprint density at radius 3 is 2.65 bits per heavy atom. The first-order chi connectivity index (χ1) is 11.0. The van der Waals surface area contributed by atoms with E-state index in [0.29, 0.717) is 17.9 Å². The number of hydrogen-bond acceptors (Lipinski definition) is 4. The summed E-state index contributed by atoms with van der Waals surface area (Å²) in [5, 5.41) is 0. The van der Waals surface area contributed by atoms with Gasteiger partial charge in [0.1, 0.15) is 5.75 Å². The van der Waals surface area contributed by atoms with Gasteiger partial charge in [0.2, 0.25) is 0 Å². The zero-order valence-corrected chi connectivity index (χ0v) is 13.5. The van der Waals surface area contributed by atoms with E-state index in [1.54, 1.807) is 49.3 Å². The standard InChI is InChI=1S/C18H20N2O3/c1-13(21)15-7-6-9-17(11-15)23-14(2)18(22)20(3)12-16-8-4-5-10-19-16/h4-11,14H,12H2,1-3H3/t14-/m1/s1. The molecule has 0 saturated heterocycles. The van der Waals surface area contributed by atoms with Gasteiger partial charge >= 0.3 is 0 Å². The van der Waals surface area contributed by atoms with Gasteiger partial charge in [-0.3, -0.25) is 14.6 Å². The molecule has 0 aliphatic heterocycles. The van der Waals surface area contributed by atoms with E-state index in [1.807, 2.05) is 18.2 Å². The Morgan fingerprint density at radius 1 is 1.22 bits per heavy atom. The van der Waals surface area contributed by atoms with Gasteiger partial charge in [0.05, 0.1) is 12.2 Å². The molecule has 0 N–H and O–H groups in total. The second-order valence-electron chi connectivity index (χ2n) is 5.36. The van der Waals surface area contributed by atoms with Crippen molar-refractivity contribution >= 4 is 11.7 Å². The number of pyridine rings is 1. The second-order valence-corrected chi connectivity index (χ2v) is 5.36. The number of Topliss-reactive ketones (excluding diaryl/α,β-unsaturated/α-hetero) is 1. The number of carbonyl (C=O) groups excluding carboxylic acids is 2. The summed E-state index contributed by atoms with van der Waals surface area (Å²) in [6, 6.07) is 12.4. The van der Waals surface area contributed by atoms with Gasteiger partial charge in [0, 0.05) is 18.8 Å². The SMILES string of the molecule is CC(=O)c1cccc(O[C@H](C)C(=O)N(C)Cc2ccccn2)c1. The second kappa shape index (κ2) is 7.54. The first kappa shape index (κ1) is 16.7. The highest BCUT2D eigenvalue weighted by atomic mass is 16.5. The molecule has 1 amide bonds. The minimum Gasteiger partial charge on any atom is -0.481 e. The number of nitrogens with zero attached hydrogens (tertiary/aromatic N) is 2. The molecule has 1 aromatic heterocycles. The summed E-state index contributed by atoms with van der Waals surface area (Å²) in [6.45, 7) is 3.60. The van der Waals surface area contributed by atoms with Gasteiger partial charge < -0.3 is 9.64 Å². The Labute approximate surface area is 135 Å². The molecule has 0 aliphatic carbocycles. The lowest BCUT2D eigenvalue weighted by Crippen LogP contribution is -2.37. The fourth-order valence-corrected chi connectivity index (χ4v) is 2.17. The molecule has 5 heteroatoms. The maximum atomic E-state index is 12.4. The van der Waals surface area contributed by atoms with E-state index in [-0.39, 0.29) is 11.7 Å². The molecule has 23 heavy (non-hydrogen) atoms. The first-order valence-corrected chi connectivity index (χ1v) is 7.40. The lowest BCUT2D eigenvalue weighted by Gasteiger charge is -2.22. The summed E-state index contributed by atoms with van der Waals surface area (Å²) in [6.07, 6.45) is 1.05. The molecule has 0 saturated carbocycles. The predicted octanol–water partition coefficient (Wildman–Crippen LogP) is 2.71. The molecule has 0 bridgehead atoms. The van der Waals surface area contributed by atoms with E-state index < -0.39 is 6.10 Å². The van der Waals surface area contributed by atoms with Gasteiger partial charge in [-0.25, -0.2) is 0 Å². The molecule has 120 valence electrons. The molecular weight excluding hydrogens is 292 g/mol. The minimum absolute atomic E-state index is 0.0401. The molecule has 1 aromatic carbocycles. The summed E-state index contributed by atoms with van der Waals surface area (Å²) >= 11 is 0. The topological polar surface area (TPSA) is 59.5 Å². The van der Waals surface area contributed by atoms with Crippen LogP contribution in [0.25, 0.3) is 0 Å². The van der Waals surface area contributed by atoms with E-state index in [0.717, 1.165) is 5.69 Å². The van der Waals surface area contributed by atoms with E-state index in [1.165, 1.54) is 6.92 Å². The Balaban J connectivity index is 1.99. The molecule has 5 nitrogen and oxygen atoms in total. The number of benzene rings is 1. The Morgan fingerprint density at radius 2 is 2.00 bits per heavy atom. The number of amides is 1. The van der Waals surface area contributed by atoms with Gasteiger partial charge in [-0.05, 0) is 38.1 Å². The highest BCUT2D eigenvalue weighted by Crippen LogP contribution is 2.16. The zero-order chi connectivity index (χ0) is 16.8. The van der Waals surface area contributed by atoms with Gasteiger partial charge in [-0.15, -0.1) is 0 Å². The third kappa shape index (κ3) is 4.64. The van der Waals surface area contributed by atoms with Crippen molar-refractivity contribution in [1.29, 1.82) is 0 Å². The molecule has 2 rings (SSSR count). The Bertz CT molecular complexity index is 686. The van der Waals surface area contributed by atoms with Gasteiger partial charge in [0.15, 0.2) is 11.9 Å². The van der Waals surface area contributed by atoms with E-state index >= 15 is 0 Å². The van der Waals surface area contributed by atoms with Crippen molar-refractivity contribution in [1.82, 2.24) is 9.88 Å². The average Bonchev–Trinajstić information content (AvgIpc) is 2.55. The molecule has 0 fully saturated rings. The molecule has 1 heterocycles. The van der Waals surface area contributed by atoms with Crippen LogP contribution in [0.15, 0.2) is 48.7 Å². The third-order valence-corrected chi connectivity index (χ3v) is 3.40. The number of hydrogen-bond donors (Lipinski definition) is 0. The number of likely N-dealkylation sites (N-methyl/N-ethyl adjacent to an activating group) is 1. The van der Waals surface area contributed by atoms with Crippen LogP contribution in [0.2, 0.25) is 0 Å². The molecular formula is C18H20N2O3.